The molecule has 0 unspecified atom stereocenters. The standard InChI is InChI=1S/C9H11FN2O3/c1-2-15-9(14)7-3-4-8(13)12(11-7)6-5-10/h3-4H,2,5-6H2,1H3. The van der Waals surface area contributed by atoms with Crippen molar-refractivity contribution in [2.24, 2.45) is 0 Å². The van der Waals surface area contributed by atoms with Gasteiger partial charge in [-0.25, -0.2) is 13.9 Å². The molecule has 0 N–H and O–H groups in total. The Bertz CT molecular complexity index is 403. The SMILES string of the molecule is CCOC(=O)c1ccc(=O)n(CCF)n1. The molecule has 0 saturated heterocycles. The molecule has 0 aromatic carbocycles. The van der Waals surface area contributed by atoms with E-state index in [0.717, 1.165) is 10.7 Å². The van der Waals surface area contributed by atoms with E-state index in [4.69, 9.17) is 4.74 Å². The number of esters is 1. The molecule has 0 radical (unpaired) electrons. The Morgan fingerprint density at radius 2 is 2.33 bits per heavy atom. The second-order valence-corrected chi connectivity index (χ2v) is 2.69. The van der Waals surface area contributed by atoms with Gasteiger partial charge in [-0.15, -0.1) is 0 Å². The lowest BCUT2D eigenvalue weighted by Crippen LogP contribution is -2.25. The molecule has 0 aliphatic heterocycles. The molecule has 0 fully saturated rings. The summed E-state index contributed by atoms with van der Waals surface area (Å²) < 4.78 is 17.6. The van der Waals surface area contributed by atoms with Crippen LogP contribution < -0.4 is 5.56 Å². The summed E-state index contributed by atoms with van der Waals surface area (Å²) in [6.07, 6.45) is 0. The highest BCUT2D eigenvalue weighted by molar-refractivity contribution is 5.86. The molecule has 0 atom stereocenters. The van der Waals surface area contributed by atoms with Gasteiger partial charge in [0.1, 0.15) is 6.67 Å². The topological polar surface area (TPSA) is 61.2 Å². The summed E-state index contributed by atoms with van der Waals surface area (Å²) in [5, 5.41) is 3.67. The maximum absolute atomic E-state index is 12.0. The minimum Gasteiger partial charge on any atom is -0.461 e. The first kappa shape index (κ1) is 11.4. The van der Waals surface area contributed by atoms with Gasteiger partial charge < -0.3 is 4.74 Å². The quantitative estimate of drug-likeness (QED) is 0.680. The van der Waals surface area contributed by atoms with E-state index in [1.807, 2.05) is 0 Å². The zero-order valence-corrected chi connectivity index (χ0v) is 8.27. The predicted octanol–water partition coefficient (Wildman–Crippen LogP) is 0.390. The minimum atomic E-state index is -0.709. The smallest absolute Gasteiger partial charge is 0.358 e. The lowest BCUT2D eigenvalue weighted by molar-refractivity contribution is 0.0516. The predicted molar refractivity (Wildman–Crippen MR) is 50.4 cm³/mol. The van der Waals surface area contributed by atoms with Crippen molar-refractivity contribution in [2.75, 3.05) is 13.3 Å². The number of nitrogens with zero attached hydrogens (tertiary/aromatic N) is 2. The van der Waals surface area contributed by atoms with Crippen LogP contribution in [0.1, 0.15) is 17.4 Å². The molecule has 0 saturated carbocycles. The van der Waals surface area contributed by atoms with Crippen LogP contribution in [0.2, 0.25) is 0 Å². The number of carbonyl (C=O) groups excluding carboxylic acids is 1. The van der Waals surface area contributed by atoms with Gasteiger partial charge in [0.15, 0.2) is 5.69 Å². The molecule has 0 amide bonds. The molecule has 1 rings (SSSR count). The van der Waals surface area contributed by atoms with Gasteiger partial charge in [0.2, 0.25) is 0 Å². The maximum atomic E-state index is 12.0. The van der Waals surface area contributed by atoms with Gasteiger partial charge in [-0.05, 0) is 13.0 Å². The van der Waals surface area contributed by atoms with Crippen LogP contribution in [-0.2, 0) is 11.3 Å². The number of carbonyl (C=O) groups is 1. The zero-order valence-electron chi connectivity index (χ0n) is 8.27. The fourth-order valence-electron chi connectivity index (χ4n) is 1.00. The fourth-order valence-corrected chi connectivity index (χ4v) is 1.00. The van der Waals surface area contributed by atoms with Crippen molar-refractivity contribution in [3.05, 3.63) is 28.2 Å². The molecular weight excluding hydrogens is 203 g/mol. The van der Waals surface area contributed by atoms with Crippen molar-refractivity contribution in [1.29, 1.82) is 0 Å². The third kappa shape index (κ3) is 2.87. The van der Waals surface area contributed by atoms with Crippen LogP contribution in [0.4, 0.5) is 4.39 Å². The largest absolute Gasteiger partial charge is 0.461 e. The number of alkyl halides is 1. The maximum Gasteiger partial charge on any atom is 0.358 e. The Kier molecular flexibility index (Phi) is 3.96. The van der Waals surface area contributed by atoms with E-state index in [9.17, 15) is 14.0 Å². The number of aromatic nitrogens is 2. The van der Waals surface area contributed by atoms with Gasteiger partial charge in [0, 0.05) is 6.07 Å². The summed E-state index contributed by atoms with van der Waals surface area (Å²) in [6, 6.07) is 2.42. The average molecular weight is 214 g/mol. The van der Waals surface area contributed by atoms with E-state index in [0.29, 0.717) is 0 Å². The normalized spacial score (nSPS) is 10.0. The van der Waals surface area contributed by atoms with Crippen molar-refractivity contribution in [1.82, 2.24) is 9.78 Å². The van der Waals surface area contributed by atoms with Crippen LogP contribution in [0.15, 0.2) is 16.9 Å². The van der Waals surface area contributed by atoms with E-state index < -0.39 is 18.2 Å². The second kappa shape index (κ2) is 5.23. The summed E-state index contributed by atoms with van der Waals surface area (Å²) in [5.74, 6) is -0.620. The van der Waals surface area contributed by atoms with E-state index in [2.05, 4.69) is 5.10 Å². The zero-order chi connectivity index (χ0) is 11.3. The van der Waals surface area contributed by atoms with E-state index in [1.165, 1.54) is 6.07 Å². The first-order chi connectivity index (χ1) is 7.19. The summed E-state index contributed by atoms with van der Waals surface area (Å²) >= 11 is 0. The van der Waals surface area contributed by atoms with Crippen LogP contribution in [0.25, 0.3) is 0 Å². The molecule has 5 nitrogen and oxygen atoms in total. The molecule has 1 heterocycles. The van der Waals surface area contributed by atoms with Gasteiger partial charge in [-0.1, -0.05) is 0 Å². The Balaban J connectivity index is 2.96. The molecule has 0 spiro atoms. The van der Waals surface area contributed by atoms with Gasteiger partial charge in [-0.3, -0.25) is 4.79 Å². The third-order valence-corrected chi connectivity index (χ3v) is 1.65. The van der Waals surface area contributed by atoms with Crippen LogP contribution in [-0.4, -0.2) is 29.0 Å². The number of halogens is 1. The molecule has 0 aliphatic rings. The lowest BCUT2D eigenvalue weighted by atomic mass is 10.4. The monoisotopic (exact) mass is 214 g/mol. The highest BCUT2D eigenvalue weighted by Crippen LogP contribution is 1.94. The first-order valence-corrected chi connectivity index (χ1v) is 4.50. The number of rotatable bonds is 4. The Morgan fingerprint density at radius 3 is 2.93 bits per heavy atom. The van der Waals surface area contributed by atoms with Crippen molar-refractivity contribution in [3.63, 3.8) is 0 Å². The molecule has 0 aliphatic carbocycles. The van der Waals surface area contributed by atoms with Crippen LogP contribution >= 0.6 is 0 Å². The molecule has 15 heavy (non-hydrogen) atoms. The summed E-state index contributed by atoms with van der Waals surface area (Å²) in [7, 11) is 0. The molecule has 6 heteroatoms. The fraction of sp³-hybridized carbons (Fsp3) is 0.444. The highest BCUT2D eigenvalue weighted by atomic mass is 19.1. The van der Waals surface area contributed by atoms with Crippen molar-refractivity contribution in [3.8, 4) is 0 Å². The molecule has 1 aromatic heterocycles. The van der Waals surface area contributed by atoms with Gasteiger partial charge in [0.05, 0.1) is 13.2 Å². The van der Waals surface area contributed by atoms with Gasteiger partial charge >= 0.3 is 5.97 Å². The molecule has 1 aromatic rings. The summed E-state index contributed by atoms with van der Waals surface area (Å²) in [5.41, 5.74) is -0.439. The van der Waals surface area contributed by atoms with Gasteiger partial charge in [-0.2, -0.15) is 5.10 Å². The molecule has 82 valence electrons. The van der Waals surface area contributed by atoms with Crippen LogP contribution in [0.5, 0.6) is 0 Å². The third-order valence-electron chi connectivity index (χ3n) is 1.65. The molecular formula is C9H11FN2O3. The van der Waals surface area contributed by atoms with E-state index >= 15 is 0 Å². The average Bonchev–Trinajstić information content (AvgIpc) is 2.22. The van der Waals surface area contributed by atoms with Crippen LogP contribution in [0.3, 0.4) is 0 Å². The van der Waals surface area contributed by atoms with Gasteiger partial charge in [0.25, 0.3) is 5.56 Å². The molecule has 0 bridgehead atoms. The van der Waals surface area contributed by atoms with E-state index in [1.54, 1.807) is 6.92 Å². The highest BCUT2D eigenvalue weighted by Gasteiger charge is 2.09. The summed E-state index contributed by atoms with van der Waals surface area (Å²) in [4.78, 5) is 22.3. The number of hydrogen-bond donors (Lipinski definition) is 0. The number of hydrogen-bond acceptors (Lipinski definition) is 4. The first-order valence-electron chi connectivity index (χ1n) is 4.50. The van der Waals surface area contributed by atoms with E-state index in [-0.39, 0.29) is 18.8 Å². The number of ether oxygens (including phenoxy) is 1. The second-order valence-electron chi connectivity index (χ2n) is 2.69. The summed E-state index contributed by atoms with van der Waals surface area (Å²) in [6.45, 7) is 1.02. The Labute approximate surface area is 85.5 Å². The number of aryl methyl sites for hydroxylation is 1. The Hall–Kier alpha value is -1.72. The Morgan fingerprint density at radius 1 is 1.60 bits per heavy atom. The van der Waals surface area contributed by atoms with Crippen LogP contribution in [0, 0.1) is 0 Å². The van der Waals surface area contributed by atoms with Crippen molar-refractivity contribution >= 4 is 5.97 Å². The van der Waals surface area contributed by atoms with Crippen molar-refractivity contribution < 1.29 is 13.9 Å². The lowest BCUT2D eigenvalue weighted by Gasteiger charge is -2.04. The minimum absolute atomic E-state index is 0.00454. The van der Waals surface area contributed by atoms with Crippen molar-refractivity contribution in [2.45, 2.75) is 13.5 Å².